The Morgan fingerprint density at radius 3 is 2.89 bits per heavy atom. The molecule has 1 heterocycles. The van der Waals surface area contributed by atoms with Gasteiger partial charge in [0.25, 0.3) is 0 Å². The number of amides is 1. The fraction of sp³-hybridized carbons (Fsp3) is 0.462. The minimum absolute atomic E-state index is 0.0167. The molecule has 1 aromatic carbocycles. The molecular formula is C13H17ClN2O2. The molecule has 0 saturated carbocycles. The third-order valence-electron chi connectivity index (χ3n) is 3.13. The predicted molar refractivity (Wildman–Crippen MR) is 70.9 cm³/mol. The first kappa shape index (κ1) is 13.2. The van der Waals surface area contributed by atoms with Gasteiger partial charge in [-0.1, -0.05) is 17.7 Å². The molecular weight excluding hydrogens is 252 g/mol. The smallest absolute Gasteiger partial charge is 0.224 e. The fourth-order valence-electron chi connectivity index (χ4n) is 2.15. The number of nitrogens with zero attached hydrogens (tertiary/aromatic N) is 1. The summed E-state index contributed by atoms with van der Waals surface area (Å²) < 4.78 is 5.10. The summed E-state index contributed by atoms with van der Waals surface area (Å²) in [5, 5.41) is 0.597. The Morgan fingerprint density at radius 1 is 1.56 bits per heavy atom. The molecule has 0 aliphatic carbocycles. The number of carbonyl (C=O) groups excluding carboxylic acids is 1. The van der Waals surface area contributed by atoms with Crippen LogP contribution in [0.15, 0.2) is 18.2 Å². The molecule has 2 N–H and O–H groups in total. The third kappa shape index (κ3) is 2.94. The lowest BCUT2D eigenvalue weighted by molar-refractivity contribution is -0.127. The average Bonchev–Trinajstić information content (AvgIpc) is 2.65. The molecule has 1 saturated heterocycles. The second-order valence-corrected chi connectivity index (χ2v) is 4.93. The van der Waals surface area contributed by atoms with Crippen LogP contribution in [0.5, 0.6) is 5.75 Å². The van der Waals surface area contributed by atoms with Crippen LogP contribution in [0.2, 0.25) is 5.02 Å². The monoisotopic (exact) mass is 268 g/mol. The fourth-order valence-corrected chi connectivity index (χ4v) is 2.43. The van der Waals surface area contributed by atoms with Crippen LogP contribution in [-0.4, -0.2) is 37.0 Å². The molecule has 1 amide bonds. The summed E-state index contributed by atoms with van der Waals surface area (Å²) in [6.07, 6.45) is 1.24. The van der Waals surface area contributed by atoms with E-state index in [1.807, 2.05) is 23.1 Å². The highest BCUT2D eigenvalue weighted by atomic mass is 35.5. The van der Waals surface area contributed by atoms with E-state index in [1.54, 1.807) is 7.11 Å². The zero-order valence-corrected chi connectivity index (χ0v) is 11.1. The summed E-state index contributed by atoms with van der Waals surface area (Å²) in [5.41, 5.74) is 6.84. The minimum atomic E-state index is -0.0167. The highest BCUT2D eigenvalue weighted by Crippen LogP contribution is 2.25. The Kier molecular flexibility index (Phi) is 4.09. The van der Waals surface area contributed by atoms with Crippen molar-refractivity contribution in [2.75, 3.05) is 20.2 Å². The van der Waals surface area contributed by atoms with Gasteiger partial charge in [0.15, 0.2) is 0 Å². The topological polar surface area (TPSA) is 55.6 Å². The Labute approximate surface area is 112 Å². The first-order valence-electron chi connectivity index (χ1n) is 5.96. The van der Waals surface area contributed by atoms with Crippen LogP contribution in [0.3, 0.4) is 0 Å². The molecule has 1 aromatic rings. The van der Waals surface area contributed by atoms with E-state index in [9.17, 15) is 4.79 Å². The summed E-state index contributed by atoms with van der Waals surface area (Å²) in [4.78, 5) is 13.4. The quantitative estimate of drug-likeness (QED) is 0.899. The van der Waals surface area contributed by atoms with Crippen LogP contribution >= 0.6 is 11.6 Å². The van der Waals surface area contributed by atoms with Gasteiger partial charge in [-0.3, -0.25) is 4.79 Å². The van der Waals surface area contributed by atoms with Crippen molar-refractivity contribution in [2.24, 2.45) is 5.73 Å². The van der Waals surface area contributed by atoms with Gasteiger partial charge >= 0.3 is 0 Å². The van der Waals surface area contributed by atoms with Crippen LogP contribution in [0.4, 0.5) is 0 Å². The van der Waals surface area contributed by atoms with Crippen molar-refractivity contribution in [1.29, 1.82) is 0 Å². The molecule has 18 heavy (non-hydrogen) atoms. The number of methoxy groups -OCH3 is 1. The van der Waals surface area contributed by atoms with Crippen molar-refractivity contribution in [1.82, 2.24) is 4.90 Å². The van der Waals surface area contributed by atoms with E-state index in [-0.39, 0.29) is 11.9 Å². The summed E-state index contributed by atoms with van der Waals surface area (Å²) in [7, 11) is 1.59. The zero-order chi connectivity index (χ0) is 13.1. The maximum absolute atomic E-state index is 11.6. The molecule has 0 spiro atoms. The van der Waals surface area contributed by atoms with E-state index in [0.29, 0.717) is 30.3 Å². The summed E-state index contributed by atoms with van der Waals surface area (Å²) in [6.45, 7) is 1.35. The van der Waals surface area contributed by atoms with Crippen LogP contribution in [0.25, 0.3) is 0 Å². The van der Waals surface area contributed by atoms with Gasteiger partial charge in [-0.15, -0.1) is 0 Å². The van der Waals surface area contributed by atoms with Gasteiger partial charge in [0.1, 0.15) is 5.75 Å². The normalized spacial score (nSPS) is 19.4. The van der Waals surface area contributed by atoms with Crippen LogP contribution < -0.4 is 10.5 Å². The standard InChI is InChI=1S/C13H17ClN2O2/c1-18-12-3-2-9(6-11(12)14)4-5-16-8-10(15)7-13(16)17/h2-3,6,10H,4-5,7-8,15H2,1H3. The number of rotatable bonds is 4. The zero-order valence-electron chi connectivity index (χ0n) is 10.4. The largest absolute Gasteiger partial charge is 0.495 e. The van der Waals surface area contributed by atoms with Crippen molar-refractivity contribution < 1.29 is 9.53 Å². The maximum atomic E-state index is 11.6. The van der Waals surface area contributed by atoms with Gasteiger partial charge < -0.3 is 15.4 Å². The molecule has 1 unspecified atom stereocenters. The van der Waals surface area contributed by atoms with Crippen LogP contribution in [-0.2, 0) is 11.2 Å². The summed E-state index contributed by atoms with van der Waals surface area (Å²) in [6, 6.07) is 5.67. The molecule has 0 radical (unpaired) electrons. The number of benzene rings is 1. The summed E-state index contributed by atoms with van der Waals surface area (Å²) >= 11 is 6.05. The Hall–Kier alpha value is -1.26. The van der Waals surface area contributed by atoms with E-state index in [2.05, 4.69) is 0 Å². The average molecular weight is 269 g/mol. The molecule has 4 nitrogen and oxygen atoms in total. The highest BCUT2D eigenvalue weighted by molar-refractivity contribution is 6.32. The number of nitrogens with two attached hydrogens (primary N) is 1. The third-order valence-corrected chi connectivity index (χ3v) is 3.43. The van der Waals surface area contributed by atoms with Gasteiger partial charge in [0.2, 0.25) is 5.91 Å². The number of hydrogen-bond acceptors (Lipinski definition) is 3. The van der Waals surface area contributed by atoms with E-state index in [1.165, 1.54) is 0 Å². The van der Waals surface area contributed by atoms with E-state index >= 15 is 0 Å². The molecule has 1 aliphatic rings. The van der Waals surface area contributed by atoms with E-state index in [0.717, 1.165) is 12.0 Å². The lowest BCUT2D eigenvalue weighted by Gasteiger charge is -2.16. The van der Waals surface area contributed by atoms with Gasteiger partial charge in [-0.25, -0.2) is 0 Å². The number of ether oxygens (including phenoxy) is 1. The predicted octanol–water partition coefficient (Wildman–Crippen LogP) is 1.45. The van der Waals surface area contributed by atoms with Gasteiger partial charge in [0, 0.05) is 25.6 Å². The molecule has 0 aromatic heterocycles. The molecule has 2 rings (SSSR count). The van der Waals surface area contributed by atoms with Crippen molar-refractivity contribution in [3.63, 3.8) is 0 Å². The Balaban J connectivity index is 1.94. The Morgan fingerprint density at radius 2 is 2.33 bits per heavy atom. The van der Waals surface area contributed by atoms with Gasteiger partial charge in [-0.05, 0) is 24.1 Å². The lowest BCUT2D eigenvalue weighted by atomic mass is 10.1. The molecule has 0 bridgehead atoms. The highest BCUT2D eigenvalue weighted by Gasteiger charge is 2.26. The van der Waals surface area contributed by atoms with Crippen molar-refractivity contribution in [3.8, 4) is 5.75 Å². The number of halogens is 1. The molecule has 98 valence electrons. The second kappa shape index (κ2) is 5.59. The van der Waals surface area contributed by atoms with Crippen LogP contribution in [0.1, 0.15) is 12.0 Å². The summed E-state index contributed by atoms with van der Waals surface area (Å²) in [5.74, 6) is 0.807. The van der Waals surface area contributed by atoms with E-state index in [4.69, 9.17) is 22.1 Å². The SMILES string of the molecule is COc1ccc(CCN2CC(N)CC2=O)cc1Cl. The number of likely N-dealkylation sites (tertiary alicyclic amines) is 1. The van der Waals surface area contributed by atoms with E-state index < -0.39 is 0 Å². The van der Waals surface area contributed by atoms with Gasteiger partial charge in [0.05, 0.1) is 12.1 Å². The molecule has 1 fully saturated rings. The second-order valence-electron chi connectivity index (χ2n) is 4.52. The number of carbonyl (C=O) groups is 1. The lowest BCUT2D eigenvalue weighted by Crippen LogP contribution is -2.30. The minimum Gasteiger partial charge on any atom is -0.495 e. The molecule has 1 aliphatic heterocycles. The molecule has 5 heteroatoms. The van der Waals surface area contributed by atoms with Crippen LogP contribution in [0, 0.1) is 0 Å². The van der Waals surface area contributed by atoms with Crippen molar-refractivity contribution >= 4 is 17.5 Å². The first-order valence-corrected chi connectivity index (χ1v) is 6.33. The Bertz CT molecular complexity index is 451. The van der Waals surface area contributed by atoms with Crippen molar-refractivity contribution in [3.05, 3.63) is 28.8 Å². The molecule has 1 atom stereocenters. The van der Waals surface area contributed by atoms with Crippen molar-refractivity contribution in [2.45, 2.75) is 18.9 Å². The number of hydrogen-bond donors (Lipinski definition) is 1. The van der Waals surface area contributed by atoms with Gasteiger partial charge in [-0.2, -0.15) is 0 Å². The maximum Gasteiger partial charge on any atom is 0.224 e. The first-order chi connectivity index (χ1) is 8.60.